The maximum Gasteiger partial charge on any atom is 0.224 e. The second-order valence-electron chi connectivity index (χ2n) is 14.3. The molecule has 8 rings (SSSR count). The predicted molar refractivity (Wildman–Crippen MR) is 198 cm³/mol. The third kappa shape index (κ3) is 4.05. The van der Waals surface area contributed by atoms with Gasteiger partial charge in [-0.3, -0.25) is 0 Å². The predicted octanol–water partition coefficient (Wildman–Crippen LogP) is 11.8. The number of para-hydroxylation sites is 1. The van der Waals surface area contributed by atoms with Crippen LogP contribution < -0.4 is 4.57 Å². The van der Waals surface area contributed by atoms with Crippen LogP contribution in [0.3, 0.4) is 0 Å². The van der Waals surface area contributed by atoms with Gasteiger partial charge in [-0.1, -0.05) is 114 Å². The SMILES string of the molecule is Cc1ccc2c3cccc(-c4ccccc4)c3n3c4cc(-c5c(C(C)C)cc(C(C)C)cc5C(C)C)cc5cc[n+](C)c(c1c23)c54. The molecule has 0 aliphatic carbocycles. The number of pyridine rings is 2. The van der Waals surface area contributed by atoms with Crippen molar-refractivity contribution >= 4 is 49.0 Å². The Morgan fingerprint density at radius 3 is 1.98 bits per heavy atom. The molecule has 0 amide bonds. The van der Waals surface area contributed by atoms with Gasteiger partial charge in [0.05, 0.1) is 27.3 Å². The van der Waals surface area contributed by atoms with E-state index in [0.29, 0.717) is 17.8 Å². The first-order valence-corrected chi connectivity index (χ1v) is 16.9. The van der Waals surface area contributed by atoms with Gasteiger partial charge in [0.2, 0.25) is 5.52 Å². The summed E-state index contributed by atoms with van der Waals surface area (Å²) >= 11 is 0. The first-order chi connectivity index (χ1) is 22.2. The van der Waals surface area contributed by atoms with E-state index >= 15 is 0 Å². The van der Waals surface area contributed by atoms with E-state index in [-0.39, 0.29) is 0 Å². The molecule has 0 aliphatic heterocycles. The van der Waals surface area contributed by atoms with E-state index in [9.17, 15) is 0 Å². The molecule has 0 atom stereocenters. The van der Waals surface area contributed by atoms with Gasteiger partial charge in [-0.15, -0.1) is 0 Å². The molecule has 0 aliphatic rings. The average molecular weight is 600 g/mol. The summed E-state index contributed by atoms with van der Waals surface area (Å²) in [6, 6.07) is 34.7. The summed E-state index contributed by atoms with van der Waals surface area (Å²) in [5.74, 6) is 1.31. The molecule has 0 unspecified atom stereocenters. The van der Waals surface area contributed by atoms with Crippen molar-refractivity contribution < 1.29 is 4.57 Å². The quantitative estimate of drug-likeness (QED) is 0.106. The van der Waals surface area contributed by atoms with Crippen molar-refractivity contribution in [2.24, 2.45) is 7.05 Å². The number of hydrogen-bond acceptors (Lipinski definition) is 0. The minimum atomic E-state index is 0.412. The van der Waals surface area contributed by atoms with Crippen LogP contribution in [-0.4, -0.2) is 4.40 Å². The fourth-order valence-electron chi connectivity index (χ4n) is 8.04. The van der Waals surface area contributed by atoms with Crippen molar-refractivity contribution in [1.29, 1.82) is 0 Å². The smallest absolute Gasteiger partial charge is 0.224 e. The molecule has 0 bridgehead atoms. The minimum Gasteiger partial charge on any atom is -0.307 e. The van der Waals surface area contributed by atoms with E-state index < -0.39 is 0 Å². The fourth-order valence-corrected chi connectivity index (χ4v) is 8.04. The molecule has 8 aromatic rings. The van der Waals surface area contributed by atoms with Gasteiger partial charge in [0, 0.05) is 22.4 Å². The number of benzene rings is 5. The highest BCUT2D eigenvalue weighted by molar-refractivity contribution is 6.27. The summed E-state index contributed by atoms with van der Waals surface area (Å²) < 4.78 is 4.95. The molecule has 0 fully saturated rings. The van der Waals surface area contributed by atoms with Crippen molar-refractivity contribution in [3.05, 3.63) is 119 Å². The number of rotatable bonds is 5. The monoisotopic (exact) mass is 599 g/mol. The van der Waals surface area contributed by atoms with Gasteiger partial charge in [-0.25, -0.2) is 4.57 Å². The molecule has 2 nitrogen and oxygen atoms in total. The number of hydrogen-bond donors (Lipinski definition) is 0. The Bertz CT molecular complexity index is 2430. The van der Waals surface area contributed by atoms with Gasteiger partial charge in [-0.05, 0) is 81.1 Å². The normalized spacial score (nSPS) is 12.5. The summed E-state index contributed by atoms with van der Waals surface area (Å²) in [7, 11) is 2.21. The standard InChI is InChI=1S/C44H43N2/c1-25(2)31-22-36(26(3)4)40(37(23-31)27(5)6)32-21-30-19-20-45(8)44-39-28(7)17-18-35-34-16-12-15-33(29-13-10-9-11-14-29)42(34)46(43(35)39)38(24-32)41(30)44/h9-27H,1-8H3/q+1. The molecule has 0 saturated carbocycles. The molecule has 228 valence electrons. The molecule has 0 radical (unpaired) electrons. The summed E-state index contributed by atoms with van der Waals surface area (Å²) in [5.41, 5.74) is 16.1. The number of aryl methyl sites for hydroxylation is 2. The van der Waals surface area contributed by atoms with Gasteiger partial charge in [0.25, 0.3) is 0 Å². The minimum absolute atomic E-state index is 0.412. The van der Waals surface area contributed by atoms with E-state index in [2.05, 4.69) is 162 Å². The first-order valence-electron chi connectivity index (χ1n) is 16.9. The van der Waals surface area contributed by atoms with E-state index in [0.717, 1.165) is 0 Å². The van der Waals surface area contributed by atoms with E-state index in [1.165, 1.54) is 93.5 Å². The van der Waals surface area contributed by atoms with Crippen LogP contribution >= 0.6 is 0 Å². The molecular weight excluding hydrogens is 556 g/mol. The van der Waals surface area contributed by atoms with Crippen molar-refractivity contribution in [3.63, 3.8) is 0 Å². The Hall–Kier alpha value is -4.69. The molecule has 3 heterocycles. The third-order valence-electron chi connectivity index (χ3n) is 10.4. The van der Waals surface area contributed by atoms with Crippen LogP contribution in [0.15, 0.2) is 97.2 Å². The van der Waals surface area contributed by atoms with E-state index in [4.69, 9.17) is 0 Å². The van der Waals surface area contributed by atoms with Crippen molar-refractivity contribution in [3.8, 4) is 22.3 Å². The number of nitrogens with zero attached hydrogens (tertiary/aromatic N) is 2. The lowest BCUT2D eigenvalue weighted by atomic mass is 9.81. The highest BCUT2D eigenvalue weighted by atomic mass is 15.0. The summed E-state index contributed by atoms with van der Waals surface area (Å²) in [4.78, 5) is 0. The summed E-state index contributed by atoms with van der Waals surface area (Å²) in [6.45, 7) is 16.3. The zero-order valence-electron chi connectivity index (χ0n) is 28.4. The van der Waals surface area contributed by atoms with Crippen molar-refractivity contribution in [1.82, 2.24) is 4.40 Å². The van der Waals surface area contributed by atoms with Crippen LogP contribution in [-0.2, 0) is 7.05 Å². The van der Waals surface area contributed by atoms with E-state index in [1.807, 2.05) is 0 Å². The maximum absolute atomic E-state index is 2.61. The lowest BCUT2D eigenvalue weighted by Gasteiger charge is -2.24. The average Bonchev–Trinajstić information content (AvgIpc) is 3.39. The molecule has 2 heteroatoms. The second kappa shape index (κ2) is 10.4. The highest BCUT2D eigenvalue weighted by Gasteiger charge is 2.27. The highest BCUT2D eigenvalue weighted by Crippen LogP contribution is 2.46. The summed E-state index contributed by atoms with van der Waals surface area (Å²) in [6.07, 6.45) is 2.26. The molecule has 0 saturated heterocycles. The van der Waals surface area contributed by atoms with Crippen LogP contribution in [0.5, 0.6) is 0 Å². The molecule has 5 aromatic carbocycles. The lowest BCUT2D eigenvalue weighted by Crippen LogP contribution is -2.29. The Kier molecular flexibility index (Phi) is 6.52. The van der Waals surface area contributed by atoms with Crippen LogP contribution in [0.2, 0.25) is 0 Å². The Morgan fingerprint density at radius 1 is 0.609 bits per heavy atom. The van der Waals surface area contributed by atoms with Crippen LogP contribution in [0.4, 0.5) is 0 Å². The van der Waals surface area contributed by atoms with Gasteiger partial charge in [0.15, 0.2) is 6.20 Å². The molecular formula is C44H43N2+. The van der Waals surface area contributed by atoms with Gasteiger partial charge in [-0.2, -0.15) is 0 Å². The third-order valence-corrected chi connectivity index (χ3v) is 10.4. The zero-order valence-corrected chi connectivity index (χ0v) is 28.4. The van der Waals surface area contributed by atoms with Crippen molar-refractivity contribution in [2.75, 3.05) is 0 Å². The van der Waals surface area contributed by atoms with Crippen molar-refractivity contribution in [2.45, 2.75) is 66.2 Å². The Labute approximate surface area is 272 Å². The van der Waals surface area contributed by atoms with Gasteiger partial charge >= 0.3 is 0 Å². The molecule has 3 aromatic heterocycles. The molecule has 46 heavy (non-hydrogen) atoms. The van der Waals surface area contributed by atoms with Gasteiger partial charge in [0.1, 0.15) is 7.05 Å². The fraction of sp³-hybridized carbons (Fsp3) is 0.250. The van der Waals surface area contributed by atoms with E-state index in [1.54, 1.807) is 0 Å². The topological polar surface area (TPSA) is 8.29 Å². The Morgan fingerprint density at radius 2 is 1.30 bits per heavy atom. The van der Waals surface area contributed by atoms with Gasteiger partial charge < -0.3 is 4.40 Å². The van der Waals surface area contributed by atoms with Crippen LogP contribution in [0, 0.1) is 6.92 Å². The van der Waals surface area contributed by atoms with Crippen LogP contribution in [0.1, 0.15) is 81.5 Å². The largest absolute Gasteiger partial charge is 0.307 e. The second-order valence-corrected chi connectivity index (χ2v) is 14.3. The number of fused-ring (bicyclic) bond motifs is 5. The molecule has 0 spiro atoms. The van der Waals surface area contributed by atoms with Crippen LogP contribution in [0.25, 0.3) is 71.3 Å². The lowest BCUT2D eigenvalue weighted by molar-refractivity contribution is -0.643. The number of aromatic nitrogens is 2. The Balaban J connectivity index is 1.64. The summed E-state index contributed by atoms with van der Waals surface area (Å²) in [5, 5.41) is 6.58. The zero-order chi connectivity index (χ0) is 32.0. The first kappa shape index (κ1) is 28.8. The maximum atomic E-state index is 2.61. The molecule has 0 N–H and O–H groups in total.